The molecule has 3 heterocycles. The van der Waals surface area contributed by atoms with Crippen LogP contribution >= 0.6 is 0 Å². The van der Waals surface area contributed by atoms with Crippen LogP contribution in [0, 0.1) is 20.2 Å². The van der Waals surface area contributed by atoms with Crippen molar-refractivity contribution >= 4 is 45.3 Å². The Morgan fingerprint density at radius 2 is 1.15 bits per heavy atom. The van der Waals surface area contributed by atoms with Gasteiger partial charge in [0.15, 0.2) is 5.78 Å². The van der Waals surface area contributed by atoms with E-state index in [0.29, 0.717) is 33.4 Å². The molecule has 0 aliphatic carbocycles. The third-order valence-electron chi connectivity index (χ3n) is 9.87. The van der Waals surface area contributed by atoms with Crippen LogP contribution in [0.15, 0.2) is 89.7 Å². The van der Waals surface area contributed by atoms with Crippen molar-refractivity contribution in [2.45, 2.75) is 51.4 Å². The van der Waals surface area contributed by atoms with E-state index in [1.54, 1.807) is 42.5 Å². The molecule has 14 heteroatoms. The number of carboxylic acid groups (broad SMARTS) is 1. The van der Waals surface area contributed by atoms with Crippen molar-refractivity contribution in [3.8, 4) is 11.3 Å². The number of benzene rings is 4. The smallest absolute Gasteiger partial charge is 0.336 e. The second-order valence-corrected chi connectivity index (χ2v) is 13.4. The van der Waals surface area contributed by atoms with Crippen molar-refractivity contribution in [3.63, 3.8) is 0 Å². The van der Waals surface area contributed by atoms with E-state index in [4.69, 9.17) is 0 Å². The number of carbonyl (C=O) groups excluding carboxylic acids is 1. The fourth-order valence-corrected chi connectivity index (χ4v) is 7.14. The van der Waals surface area contributed by atoms with Gasteiger partial charge in [-0.1, -0.05) is 68.1 Å². The molecule has 0 spiro atoms. The van der Waals surface area contributed by atoms with E-state index in [1.165, 1.54) is 30.3 Å². The van der Waals surface area contributed by atoms with Gasteiger partial charge in [0.2, 0.25) is 0 Å². The Balaban J connectivity index is 0.000000184. The summed E-state index contributed by atoms with van der Waals surface area (Å²) >= 11 is 0. The first-order chi connectivity index (χ1) is 26.1. The Morgan fingerprint density at radius 1 is 0.648 bits per heavy atom. The van der Waals surface area contributed by atoms with E-state index >= 15 is 0 Å². The molecule has 0 radical (unpaired) electrons. The summed E-state index contributed by atoms with van der Waals surface area (Å²) in [4.78, 5) is 62.8. The molecule has 0 unspecified atom stereocenters. The lowest BCUT2D eigenvalue weighted by molar-refractivity contribution is -0.384. The first kappa shape index (κ1) is 37.3. The van der Waals surface area contributed by atoms with E-state index in [0.717, 1.165) is 77.5 Å². The summed E-state index contributed by atoms with van der Waals surface area (Å²) in [5.74, 6) is -1.76. The molecule has 0 atom stereocenters. The largest absolute Gasteiger partial charge is 0.478 e. The van der Waals surface area contributed by atoms with E-state index in [-0.39, 0.29) is 38.5 Å². The SMILES string of the molecule is O=C(O)c1ccccc1C(=O)c1ccc(N2CCCCCC2)c([N+](=O)[O-])c1.O=c1[nH]nc(-c2ccc(N3CCCCCC3)c([N+](=O)[O-])c2)c2ccccc12. The van der Waals surface area contributed by atoms with Crippen LogP contribution in [0.2, 0.25) is 0 Å². The summed E-state index contributed by atoms with van der Waals surface area (Å²) in [6.45, 7) is 3.16. The highest BCUT2D eigenvalue weighted by atomic mass is 16.6. The third kappa shape index (κ3) is 8.27. The van der Waals surface area contributed by atoms with Gasteiger partial charge in [0, 0.05) is 60.4 Å². The minimum absolute atomic E-state index is 0.0156. The molecule has 278 valence electrons. The summed E-state index contributed by atoms with van der Waals surface area (Å²) in [5.41, 5.74) is 1.98. The number of hydrogen-bond acceptors (Lipinski definition) is 10. The zero-order chi connectivity index (χ0) is 38.2. The number of carbonyl (C=O) groups is 2. The molecule has 2 saturated heterocycles. The number of anilines is 2. The standard InChI is InChI=1S/C20H20N4O3.C20H20N2O5/c25-20-16-8-4-3-7-15(16)19(21-22-20)14-9-10-17(18(13-14)24(26)27)23-11-5-1-2-6-12-23;23-19(15-7-3-4-8-16(15)20(24)25)14-9-10-17(18(13-14)22(26)27)21-11-5-1-2-6-12-21/h3-4,7-10,13H,1-2,5-6,11-12H2,(H,22,25);3-4,7-10,13H,1-2,5-6,11-12H2,(H,24,25). The first-order valence-electron chi connectivity index (χ1n) is 18.1. The Hall–Kier alpha value is -6.44. The van der Waals surface area contributed by atoms with Gasteiger partial charge < -0.3 is 14.9 Å². The summed E-state index contributed by atoms with van der Waals surface area (Å²) < 4.78 is 0. The Bertz CT molecular complexity index is 2260. The fourth-order valence-electron chi connectivity index (χ4n) is 7.14. The van der Waals surface area contributed by atoms with E-state index in [9.17, 15) is 39.7 Å². The highest BCUT2D eigenvalue weighted by Crippen LogP contribution is 2.36. The molecule has 0 saturated carbocycles. The second kappa shape index (κ2) is 16.9. The number of nitrogens with zero attached hydrogens (tertiary/aromatic N) is 5. The fraction of sp³-hybridized carbons (Fsp3) is 0.300. The number of nitrogens with one attached hydrogen (secondary N) is 1. The van der Waals surface area contributed by atoms with Gasteiger partial charge in [0.1, 0.15) is 11.4 Å². The summed E-state index contributed by atoms with van der Waals surface area (Å²) in [7, 11) is 0. The molecule has 0 bridgehead atoms. The third-order valence-corrected chi connectivity index (χ3v) is 9.87. The first-order valence-corrected chi connectivity index (χ1v) is 18.1. The molecule has 14 nitrogen and oxygen atoms in total. The summed E-state index contributed by atoms with van der Waals surface area (Å²) in [6, 6.07) is 22.6. The van der Waals surface area contributed by atoms with Gasteiger partial charge in [0.25, 0.3) is 16.9 Å². The van der Waals surface area contributed by atoms with Crippen LogP contribution in [0.3, 0.4) is 0 Å². The van der Waals surface area contributed by atoms with Crippen LogP contribution in [0.5, 0.6) is 0 Å². The van der Waals surface area contributed by atoms with Crippen molar-refractivity contribution in [1.29, 1.82) is 0 Å². The van der Waals surface area contributed by atoms with Gasteiger partial charge in [-0.25, -0.2) is 9.89 Å². The maximum atomic E-state index is 12.8. The summed E-state index contributed by atoms with van der Waals surface area (Å²) in [5, 5.41) is 40.5. The van der Waals surface area contributed by atoms with Crippen LogP contribution in [0.4, 0.5) is 22.7 Å². The molecule has 4 aromatic carbocycles. The lowest BCUT2D eigenvalue weighted by atomic mass is 9.97. The molecular formula is C40H40N6O8. The zero-order valence-corrected chi connectivity index (χ0v) is 29.6. The minimum atomic E-state index is -1.21. The van der Waals surface area contributed by atoms with Crippen LogP contribution in [0.1, 0.15) is 77.6 Å². The molecule has 2 aliphatic heterocycles. The molecule has 2 aliphatic rings. The van der Waals surface area contributed by atoms with Gasteiger partial charge in [-0.15, -0.1) is 0 Å². The number of nitro benzene ring substituents is 2. The number of rotatable bonds is 8. The predicted molar refractivity (Wildman–Crippen MR) is 206 cm³/mol. The quantitative estimate of drug-likeness (QED) is 0.0899. The topological polar surface area (TPSA) is 193 Å². The van der Waals surface area contributed by atoms with E-state index in [1.807, 2.05) is 17.0 Å². The molecule has 54 heavy (non-hydrogen) atoms. The summed E-state index contributed by atoms with van der Waals surface area (Å²) in [6.07, 6.45) is 8.58. The van der Waals surface area contributed by atoms with Crippen LogP contribution < -0.4 is 15.4 Å². The molecular weight excluding hydrogens is 692 g/mol. The van der Waals surface area contributed by atoms with Gasteiger partial charge in [0.05, 0.1) is 26.5 Å². The Morgan fingerprint density at radius 3 is 1.70 bits per heavy atom. The number of carboxylic acids is 1. The highest BCUT2D eigenvalue weighted by molar-refractivity contribution is 6.14. The Kier molecular flexibility index (Phi) is 11.7. The van der Waals surface area contributed by atoms with Gasteiger partial charge in [-0.2, -0.15) is 5.10 Å². The van der Waals surface area contributed by atoms with Crippen molar-refractivity contribution in [3.05, 3.63) is 132 Å². The van der Waals surface area contributed by atoms with Crippen molar-refractivity contribution in [2.24, 2.45) is 0 Å². The lowest BCUT2D eigenvalue weighted by Gasteiger charge is -2.22. The number of aromatic nitrogens is 2. The highest BCUT2D eigenvalue weighted by Gasteiger charge is 2.25. The molecule has 1 aromatic heterocycles. The maximum absolute atomic E-state index is 12.8. The average molecular weight is 733 g/mol. The number of aromatic carboxylic acids is 1. The molecule has 2 N–H and O–H groups in total. The number of H-pyrrole nitrogens is 1. The maximum Gasteiger partial charge on any atom is 0.336 e. The predicted octanol–water partition coefficient (Wildman–Crippen LogP) is 7.78. The van der Waals surface area contributed by atoms with Crippen LogP contribution in [-0.4, -0.2) is 63.1 Å². The molecule has 2 fully saturated rings. The van der Waals surface area contributed by atoms with Crippen molar-refractivity contribution in [2.75, 3.05) is 36.0 Å². The number of nitro groups is 2. The van der Waals surface area contributed by atoms with Crippen molar-refractivity contribution in [1.82, 2.24) is 10.2 Å². The van der Waals surface area contributed by atoms with Gasteiger partial charge in [-0.05, 0) is 56.0 Å². The lowest BCUT2D eigenvalue weighted by Crippen LogP contribution is -2.25. The molecule has 0 amide bonds. The molecule has 7 rings (SSSR count). The van der Waals surface area contributed by atoms with Crippen LogP contribution in [0.25, 0.3) is 22.0 Å². The van der Waals surface area contributed by atoms with Crippen LogP contribution in [-0.2, 0) is 0 Å². The number of ketones is 1. The normalized spacial score (nSPS) is 14.7. The number of hydrogen-bond donors (Lipinski definition) is 2. The van der Waals surface area contributed by atoms with Gasteiger partial charge >= 0.3 is 5.97 Å². The van der Waals surface area contributed by atoms with E-state index < -0.39 is 16.7 Å². The average Bonchev–Trinajstić information content (AvgIpc) is 3.64. The Labute approximate surface area is 310 Å². The van der Waals surface area contributed by atoms with Gasteiger partial charge in [-0.3, -0.25) is 29.8 Å². The van der Waals surface area contributed by atoms with Crippen molar-refractivity contribution < 1.29 is 24.5 Å². The minimum Gasteiger partial charge on any atom is -0.478 e. The number of aromatic amines is 1. The van der Waals surface area contributed by atoms with E-state index in [2.05, 4.69) is 15.1 Å². The molecule has 5 aromatic rings. The monoisotopic (exact) mass is 732 g/mol. The second-order valence-electron chi connectivity index (χ2n) is 13.4. The number of fused-ring (bicyclic) bond motifs is 1. The zero-order valence-electron chi connectivity index (χ0n) is 29.6.